The van der Waals surface area contributed by atoms with E-state index < -0.39 is 6.61 Å². The lowest BCUT2D eigenvalue weighted by Gasteiger charge is -2.39. The first-order chi connectivity index (χ1) is 19.0. The molecule has 10 nitrogen and oxygen atoms in total. The third-order valence-electron chi connectivity index (χ3n) is 6.49. The maximum atomic E-state index is 12.3. The molecule has 1 saturated heterocycles. The van der Waals surface area contributed by atoms with Gasteiger partial charge in [0.15, 0.2) is 0 Å². The molecule has 1 amide bonds. The standard InChI is InChI=1S/C28H29ClN6O4/c1-34-11-12-35(26(37)15-36)21(14-34)17-39-25-7-4-6-23-27(25)28(32-18-31-23)33-19-8-9-24(22(29)13-19)38-16-20-5-2-3-10-30-20/h2-10,13,18,21,36H,11-12,14-17H2,1H3,(H,31,32,33). The normalized spacial score (nSPS) is 15.8. The van der Waals surface area contributed by atoms with E-state index in [1.807, 2.05) is 49.5 Å². The Kier molecular flexibility index (Phi) is 8.36. The van der Waals surface area contributed by atoms with E-state index in [0.717, 1.165) is 12.2 Å². The SMILES string of the molecule is CN1CCN(C(=O)CO)C(COc2cccc3ncnc(Nc4ccc(OCc5ccccn5)c(Cl)c4)c23)C1. The zero-order valence-corrected chi connectivity index (χ0v) is 22.2. The van der Waals surface area contributed by atoms with E-state index in [2.05, 4.69) is 25.2 Å². The number of ether oxygens (including phenoxy) is 2. The molecule has 39 heavy (non-hydrogen) atoms. The van der Waals surface area contributed by atoms with Crippen molar-refractivity contribution < 1.29 is 19.4 Å². The van der Waals surface area contributed by atoms with Gasteiger partial charge in [-0.1, -0.05) is 23.7 Å². The quantitative estimate of drug-likeness (QED) is 0.324. The van der Waals surface area contributed by atoms with Crippen LogP contribution < -0.4 is 14.8 Å². The van der Waals surface area contributed by atoms with Crippen LogP contribution in [-0.4, -0.2) is 81.7 Å². The summed E-state index contributed by atoms with van der Waals surface area (Å²) in [6.45, 7) is 1.98. The molecule has 0 spiro atoms. The molecule has 1 aliphatic rings. The van der Waals surface area contributed by atoms with Gasteiger partial charge in [0, 0.05) is 31.5 Å². The molecule has 202 valence electrons. The van der Waals surface area contributed by atoms with E-state index in [0.29, 0.717) is 58.6 Å². The number of benzene rings is 2. The van der Waals surface area contributed by atoms with Crippen molar-refractivity contribution in [2.45, 2.75) is 12.6 Å². The number of hydrogen-bond donors (Lipinski definition) is 2. The highest BCUT2D eigenvalue weighted by Crippen LogP contribution is 2.34. The summed E-state index contributed by atoms with van der Waals surface area (Å²) >= 11 is 6.51. The molecule has 1 aliphatic heterocycles. The summed E-state index contributed by atoms with van der Waals surface area (Å²) in [5.41, 5.74) is 2.23. The number of aliphatic hydroxyl groups excluding tert-OH is 1. The number of hydrogen-bond acceptors (Lipinski definition) is 9. The monoisotopic (exact) mass is 548 g/mol. The van der Waals surface area contributed by atoms with E-state index in [-0.39, 0.29) is 18.6 Å². The Labute approximate surface area is 231 Å². The topological polar surface area (TPSA) is 113 Å². The number of likely N-dealkylation sites (N-methyl/N-ethyl adjacent to an activating group) is 1. The van der Waals surface area contributed by atoms with E-state index in [4.69, 9.17) is 21.1 Å². The number of carbonyl (C=O) groups excluding carboxylic acids is 1. The molecule has 1 unspecified atom stereocenters. The van der Waals surface area contributed by atoms with Crippen molar-refractivity contribution >= 4 is 39.9 Å². The predicted octanol–water partition coefficient (Wildman–Crippen LogP) is 3.51. The summed E-state index contributed by atoms with van der Waals surface area (Å²) in [5.74, 6) is 1.38. The number of piperazine rings is 1. The number of carbonyl (C=O) groups is 1. The Morgan fingerprint density at radius 3 is 2.77 bits per heavy atom. The van der Waals surface area contributed by atoms with Crippen molar-refractivity contribution in [2.75, 3.05) is 45.2 Å². The van der Waals surface area contributed by atoms with Gasteiger partial charge in [0.25, 0.3) is 0 Å². The van der Waals surface area contributed by atoms with Crippen LogP contribution in [0.2, 0.25) is 5.02 Å². The first-order valence-corrected chi connectivity index (χ1v) is 12.9. The van der Waals surface area contributed by atoms with Gasteiger partial charge >= 0.3 is 0 Å². The molecule has 2 aromatic heterocycles. The van der Waals surface area contributed by atoms with Crippen molar-refractivity contribution in [1.82, 2.24) is 24.8 Å². The molecule has 0 aliphatic carbocycles. The summed E-state index contributed by atoms with van der Waals surface area (Å²) in [6.07, 6.45) is 3.20. The number of nitrogens with one attached hydrogen (secondary N) is 1. The average molecular weight is 549 g/mol. The molecule has 0 radical (unpaired) electrons. The molecule has 1 atom stereocenters. The summed E-state index contributed by atoms with van der Waals surface area (Å²) in [4.78, 5) is 29.2. The number of anilines is 2. The largest absolute Gasteiger partial charge is 0.491 e. The van der Waals surface area contributed by atoms with Gasteiger partial charge in [0.1, 0.15) is 43.5 Å². The van der Waals surface area contributed by atoms with Crippen molar-refractivity contribution in [1.29, 1.82) is 0 Å². The number of rotatable bonds is 9. The molecule has 0 saturated carbocycles. The number of amides is 1. The maximum Gasteiger partial charge on any atom is 0.248 e. The minimum absolute atomic E-state index is 0.197. The smallest absolute Gasteiger partial charge is 0.248 e. The first kappa shape index (κ1) is 26.6. The second kappa shape index (κ2) is 12.2. The molecule has 4 aromatic rings. The Morgan fingerprint density at radius 1 is 1.08 bits per heavy atom. The van der Waals surface area contributed by atoms with Gasteiger partial charge < -0.3 is 29.7 Å². The van der Waals surface area contributed by atoms with Crippen molar-refractivity contribution in [2.24, 2.45) is 0 Å². The molecule has 11 heteroatoms. The Balaban J connectivity index is 1.34. The average Bonchev–Trinajstić information content (AvgIpc) is 2.96. The fourth-order valence-corrected chi connectivity index (χ4v) is 4.75. The predicted molar refractivity (Wildman–Crippen MR) is 148 cm³/mol. The van der Waals surface area contributed by atoms with E-state index >= 15 is 0 Å². The van der Waals surface area contributed by atoms with Crippen LogP contribution in [0.1, 0.15) is 5.69 Å². The van der Waals surface area contributed by atoms with Crippen LogP contribution in [0.4, 0.5) is 11.5 Å². The maximum absolute atomic E-state index is 12.3. The lowest BCUT2D eigenvalue weighted by molar-refractivity contribution is -0.139. The molecular weight excluding hydrogens is 520 g/mol. The summed E-state index contributed by atoms with van der Waals surface area (Å²) < 4.78 is 12.1. The van der Waals surface area contributed by atoms with Gasteiger partial charge in [-0.25, -0.2) is 9.97 Å². The Morgan fingerprint density at radius 2 is 1.97 bits per heavy atom. The molecule has 1 fully saturated rings. The minimum Gasteiger partial charge on any atom is -0.491 e. The second-order valence-electron chi connectivity index (χ2n) is 9.22. The molecule has 3 heterocycles. The van der Waals surface area contributed by atoms with Crippen LogP contribution in [0.15, 0.2) is 67.1 Å². The van der Waals surface area contributed by atoms with Crippen LogP contribution in [0, 0.1) is 0 Å². The summed E-state index contributed by atoms with van der Waals surface area (Å²) in [5, 5.41) is 13.9. The van der Waals surface area contributed by atoms with Gasteiger partial charge in [-0.05, 0) is 49.5 Å². The van der Waals surface area contributed by atoms with Crippen LogP contribution in [-0.2, 0) is 11.4 Å². The molecule has 5 rings (SSSR count). The number of aliphatic hydroxyl groups is 1. The number of aromatic nitrogens is 3. The summed E-state index contributed by atoms with van der Waals surface area (Å²) in [6, 6.07) is 16.5. The van der Waals surface area contributed by atoms with Gasteiger partial charge in [-0.3, -0.25) is 9.78 Å². The van der Waals surface area contributed by atoms with E-state index in [9.17, 15) is 9.90 Å². The highest BCUT2D eigenvalue weighted by molar-refractivity contribution is 6.32. The number of pyridine rings is 1. The number of halogens is 1. The van der Waals surface area contributed by atoms with Crippen LogP contribution >= 0.6 is 11.6 Å². The van der Waals surface area contributed by atoms with Crippen molar-refractivity contribution in [3.8, 4) is 11.5 Å². The van der Waals surface area contributed by atoms with Crippen LogP contribution in [0.3, 0.4) is 0 Å². The van der Waals surface area contributed by atoms with Crippen LogP contribution in [0.5, 0.6) is 11.5 Å². The highest BCUT2D eigenvalue weighted by Gasteiger charge is 2.29. The van der Waals surface area contributed by atoms with Crippen molar-refractivity contribution in [3.05, 3.63) is 77.8 Å². The Bertz CT molecular complexity index is 1440. The number of fused-ring (bicyclic) bond motifs is 1. The highest BCUT2D eigenvalue weighted by atomic mass is 35.5. The number of nitrogens with zero attached hydrogens (tertiary/aromatic N) is 5. The van der Waals surface area contributed by atoms with Gasteiger partial charge in [0.05, 0.1) is 27.7 Å². The molecule has 0 bridgehead atoms. The van der Waals surface area contributed by atoms with Crippen molar-refractivity contribution in [3.63, 3.8) is 0 Å². The second-order valence-corrected chi connectivity index (χ2v) is 9.63. The van der Waals surface area contributed by atoms with Crippen LogP contribution in [0.25, 0.3) is 10.9 Å². The lowest BCUT2D eigenvalue weighted by Crippen LogP contribution is -2.56. The fraction of sp³-hybridized carbons (Fsp3) is 0.286. The molecule has 2 N–H and O–H groups in total. The summed E-state index contributed by atoms with van der Waals surface area (Å²) in [7, 11) is 2.00. The first-order valence-electron chi connectivity index (χ1n) is 12.6. The lowest BCUT2D eigenvalue weighted by atomic mass is 10.1. The van der Waals surface area contributed by atoms with Gasteiger partial charge in [-0.2, -0.15) is 0 Å². The van der Waals surface area contributed by atoms with E-state index in [1.165, 1.54) is 6.33 Å². The van der Waals surface area contributed by atoms with Gasteiger partial charge in [-0.15, -0.1) is 0 Å². The fourth-order valence-electron chi connectivity index (χ4n) is 4.52. The third kappa shape index (κ3) is 6.36. The molecular formula is C28H29ClN6O4. The third-order valence-corrected chi connectivity index (χ3v) is 6.79. The molecule has 2 aromatic carbocycles. The van der Waals surface area contributed by atoms with E-state index in [1.54, 1.807) is 23.2 Å². The minimum atomic E-state index is -0.522. The van der Waals surface area contributed by atoms with Gasteiger partial charge in [0.2, 0.25) is 5.91 Å². The Hall–Kier alpha value is -3.99. The zero-order chi connectivity index (χ0) is 27.2. The zero-order valence-electron chi connectivity index (χ0n) is 21.5.